The van der Waals surface area contributed by atoms with Gasteiger partial charge in [0.15, 0.2) is 0 Å². The Kier molecular flexibility index (Phi) is 5.19. The van der Waals surface area contributed by atoms with E-state index >= 15 is 0 Å². The van der Waals surface area contributed by atoms with Crippen LogP contribution in [0.15, 0.2) is 30.5 Å². The van der Waals surface area contributed by atoms with Crippen LogP contribution < -0.4 is 4.74 Å². The van der Waals surface area contributed by atoms with Crippen LogP contribution in [0.3, 0.4) is 0 Å². The van der Waals surface area contributed by atoms with E-state index in [9.17, 15) is 4.79 Å². The molecule has 2 fully saturated rings. The van der Waals surface area contributed by atoms with Gasteiger partial charge in [-0.15, -0.1) is 0 Å². The van der Waals surface area contributed by atoms with Gasteiger partial charge in [-0.2, -0.15) is 0 Å². The van der Waals surface area contributed by atoms with E-state index in [1.807, 2.05) is 35.4 Å². The Morgan fingerprint density at radius 2 is 1.96 bits per heavy atom. The van der Waals surface area contributed by atoms with Gasteiger partial charge < -0.3 is 14.2 Å². The number of hydrogen-bond acceptors (Lipinski definition) is 3. The van der Waals surface area contributed by atoms with E-state index in [2.05, 4.69) is 11.5 Å². The van der Waals surface area contributed by atoms with E-state index in [1.54, 1.807) is 7.11 Å². The van der Waals surface area contributed by atoms with E-state index < -0.39 is 0 Å². The molecule has 27 heavy (non-hydrogen) atoms. The fraction of sp³-hybridized carbons (Fsp3) is 0.545. The molecular weight excluding hydrogens is 338 g/mol. The molecule has 5 heteroatoms. The predicted molar refractivity (Wildman–Crippen MR) is 105 cm³/mol. The van der Waals surface area contributed by atoms with Crippen molar-refractivity contribution in [2.24, 2.45) is 5.92 Å². The molecule has 2 heterocycles. The Bertz CT molecular complexity index is 792. The molecule has 1 unspecified atom stereocenters. The molecule has 1 amide bonds. The van der Waals surface area contributed by atoms with Gasteiger partial charge in [0, 0.05) is 43.0 Å². The van der Waals surface area contributed by atoms with Gasteiger partial charge in [-0.25, -0.2) is 4.98 Å². The molecule has 1 aliphatic carbocycles. The van der Waals surface area contributed by atoms with Crippen LogP contribution in [-0.2, 0) is 6.54 Å². The summed E-state index contributed by atoms with van der Waals surface area (Å²) in [5.74, 6) is 3.30. The smallest absolute Gasteiger partial charge is 0.253 e. The summed E-state index contributed by atoms with van der Waals surface area (Å²) in [6.45, 7) is 4.80. The summed E-state index contributed by atoms with van der Waals surface area (Å²) in [5, 5.41) is 0. The number of likely N-dealkylation sites (tertiary alicyclic amines) is 1. The maximum atomic E-state index is 12.9. The average Bonchev–Trinajstić information content (AvgIpc) is 3.00. The Balaban J connectivity index is 1.43. The highest BCUT2D eigenvalue weighted by molar-refractivity contribution is 5.94. The van der Waals surface area contributed by atoms with Gasteiger partial charge in [0.05, 0.1) is 7.11 Å². The molecule has 1 atom stereocenters. The largest absolute Gasteiger partial charge is 0.497 e. The third-order valence-electron chi connectivity index (χ3n) is 6.14. The van der Waals surface area contributed by atoms with Crippen molar-refractivity contribution in [3.05, 3.63) is 47.5 Å². The molecule has 5 nitrogen and oxygen atoms in total. The third kappa shape index (κ3) is 3.73. The van der Waals surface area contributed by atoms with Crippen LogP contribution in [0.1, 0.15) is 59.9 Å². The number of aromatic nitrogens is 2. The number of carbonyl (C=O) groups excluding carboxylic acids is 1. The van der Waals surface area contributed by atoms with Crippen LogP contribution in [0.5, 0.6) is 5.75 Å². The topological polar surface area (TPSA) is 47.4 Å². The van der Waals surface area contributed by atoms with Crippen molar-refractivity contribution in [2.75, 3.05) is 20.2 Å². The summed E-state index contributed by atoms with van der Waals surface area (Å²) in [6, 6.07) is 7.43. The normalized spacial score (nSPS) is 20.4. The first kappa shape index (κ1) is 18.1. The zero-order chi connectivity index (χ0) is 18.8. The standard InChI is InChI=1S/C22H29N3O2/c1-16-13-23-21(18-6-3-7-18)25(16)15-17-5-4-12-24(14-17)22(26)19-8-10-20(27-2)11-9-19/h8-11,13,17-18H,3-7,12,14-15H2,1-2H3. The summed E-state index contributed by atoms with van der Waals surface area (Å²) < 4.78 is 7.60. The van der Waals surface area contributed by atoms with Crippen LogP contribution in [0, 0.1) is 12.8 Å². The Hall–Kier alpha value is -2.30. The maximum Gasteiger partial charge on any atom is 0.253 e. The van der Waals surface area contributed by atoms with Crippen LogP contribution in [0.4, 0.5) is 0 Å². The number of piperidine rings is 1. The molecule has 1 aliphatic heterocycles. The molecule has 0 N–H and O–H groups in total. The lowest BCUT2D eigenvalue weighted by Gasteiger charge is -2.34. The van der Waals surface area contributed by atoms with Crippen molar-refractivity contribution in [3.8, 4) is 5.75 Å². The van der Waals surface area contributed by atoms with Gasteiger partial charge in [0.25, 0.3) is 5.91 Å². The SMILES string of the molecule is COc1ccc(C(=O)N2CCCC(Cn3c(C)cnc3C3CCC3)C2)cc1. The van der Waals surface area contributed by atoms with Gasteiger partial charge in [0.2, 0.25) is 0 Å². The summed E-state index contributed by atoms with van der Waals surface area (Å²) in [5.41, 5.74) is 1.99. The molecule has 0 bridgehead atoms. The number of benzene rings is 1. The molecular formula is C22H29N3O2. The minimum Gasteiger partial charge on any atom is -0.497 e. The molecule has 0 radical (unpaired) electrons. The number of rotatable bonds is 5. The molecule has 2 aliphatic rings. The van der Waals surface area contributed by atoms with Gasteiger partial charge >= 0.3 is 0 Å². The van der Waals surface area contributed by atoms with Crippen LogP contribution in [-0.4, -0.2) is 40.6 Å². The predicted octanol–water partition coefficient (Wildman–Crippen LogP) is 4.02. The monoisotopic (exact) mass is 367 g/mol. The minimum absolute atomic E-state index is 0.129. The zero-order valence-electron chi connectivity index (χ0n) is 16.4. The van der Waals surface area contributed by atoms with Crippen molar-refractivity contribution in [3.63, 3.8) is 0 Å². The molecule has 144 valence electrons. The molecule has 0 spiro atoms. The van der Waals surface area contributed by atoms with Crippen LogP contribution in [0.25, 0.3) is 0 Å². The number of carbonyl (C=O) groups is 1. The molecule has 1 saturated carbocycles. The lowest BCUT2D eigenvalue weighted by molar-refractivity contribution is 0.0661. The second-order valence-electron chi connectivity index (χ2n) is 7.98. The maximum absolute atomic E-state index is 12.9. The second kappa shape index (κ2) is 7.75. The molecule has 1 saturated heterocycles. The third-order valence-corrected chi connectivity index (χ3v) is 6.14. The minimum atomic E-state index is 0.129. The van der Waals surface area contributed by atoms with Crippen molar-refractivity contribution in [1.29, 1.82) is 0 Å². The highest BCUT2D eigenvalue weighted by Gasteiger charge is 2.28. The Morgan fingerprint density at radius 1 is 1.19 bits per heavy atom. The van der Waals surface area contributed by atoms with Crippen molar-refractivity contribution in [2.45, 2.75) is 51.5 Å². The number of methoxy groups -OCH3 is 1. The van der Waals surface area contributed by atoms with Crippen molar-refractivity contribution >= 4 is 5.91 Å². The zero-order valence-corrected chi connectivity index (χ0v) is 16.4. The Labute approximate surface area is 161 Å². The van der Waals surface area contributed by atoms with E-state index in [1.165, 1.54) is 37.2 Å². The lowest BCUT2D eigenvalue weighted by atomic mass is 9.84. The number of nitrogens with zero attached hydrogens (tertiary/aromatic N) is 3. The second-order valence-corrected chi connectivity index (χ2v) is 7.98. The average molecular weight is 367 g/mol. The molecule has 1 aromatic heterocycles. The fourth-order valence-corrected chi connectivity index (χ4v) is 4.28. The Morgan fingerprint density at radius 3 is 2.63 bits per heavy atom. The number of hydrogen-bond donors (Lipinski definition) is 0. The van der Waals surface area contributed by atoms with Gasteiger partial charge in [-0.1, -0.05) is 6.42 Å². The molecule has 2 aromatic rings. The van der Waals surface area contributed by atoms with E-state index in [0.29, 0.717) is 11.8 Å². The first-order valence-electron chi connectivity index (χ1n) is 10.1. The highest BCUT2D eigenvalue weighted by Crippen LogP contribution is 2.36. The molecule has 1 aromatic carbocycles. The van der Waals surface area contributed by atoms with E-state index in [0.717, 1.165) is 37.4 Å². The van der Waals surface area contributed by atoms with Gasteiger partial charge in [0.1, 0.15) is 11.6 Å². The first-order chi connectivity index (χ1) is 13.2. The van der Waals surface area contributed by atoms with Gasteiger partial charge in [-0.3, -0.25) is 4.79 Å². The summed E-state index contributed by atoms with van der Waals surface area (Å²) in [6.07, 6.45) is 8.11. The van der Waals surface area contributed by atoms with E-state index in [4.69, 9.17) is 9.72 Å². The number of amides is 1. The number of ether oxygens (including phenoxy) is 1. The number of imidazole rings is 1. The summed E-state index contributed by atoms with van der Waals surface area (Å²) in [4.78, 5) is 19.6. The van der Waals surface area contributed by atoms with Crippen molar-refractivity contribution in [1.82, 2.24) is 14.5 Å². The first-order valence-corrected chi connectivity index (χ1v) is 10.1. The quantitative estimate of drug-likeness (QED) is 0.802. The highest BCUT2D eigenvalue weighted by atomic mass is 16.5. The summed E-state index contributed by atoms with van der Waals surface area (Å²) >= 11 is 0. The van der Waals surface area contributed by atoms with Crippen molar-refractivity contribution < 1.29 is 9.53 Å². The van der Waals surface area contributed by atoms with E-state index in [-0.39, 0.29) is 5.91 Å². The molecule has 4 rings (SSSR count). The lowest BCUT2D eigenvalue weighted by Crippen LogP contribution is -2.41. The van der Waals surface area contributed by atoms with Gasteiger partial charge in [-0.05, 0) is 62.8 Å². The van der Waals surface area contributed by atoms with Crippen LogP contribution in [0.2, 0.25) is 0 Å². The van der Waals surface area contributed by atoms with Crippen LogP contribution >= 0.6 is 0 Å². The summed E-state index contributed by atoms with van der Waals surface area (Å²) in [7, 11) is 1.64. The fourth-order valence-electron chi connectivity index (χ4n) is 4.28. The number of aryl methyl sites for hydroxylation is 1.